The highest BCUT2D eigenvalue weighted by Crippen LogP contribution is 2.24. The minimum Gasteiger partial charge on any atom is -0.483 e. The molecule has 0 spiro atoms. The fraction of sp³-hybridized carbons (Fsp3) is 0.538. The molecule has 4 rings (SSSR count). The van der Waals surface area contributed by atoms with E-state index in [1.54, 1.807) is 0 Å². The maximum atomic E-state index is 12.8. The molecule has 43 heavy (non-hydrogen) atoms. The fourth-order valence-electron chi connectivity index (χ4n) is 4.20. The standard InChI is InChI=1S/C22H30N4O3.2C2HF3O2/c1-24-11-18(23-16-24)12-26-13-19-21(14-26)28-10-6-5-8-17-7-3-4-9-20(17)29-15-22(27)25(19)2;2*3-2(4,5)1(6)7/h3-4,7,9,11,16,19,21H,5-6,8,10,12-15H2,1-2H3;2*(H,6,7)/t19-,21+;;/m0../s1. The summed E-state index contributed by atoms with van der Waals surface area (Å²) in [6.07, 6.45) is -3.33. The van der Waals surface area contributed by atoms with Crippen molar-refractivity contribution in [3.05, 3.63) is 48.0 Å². The number of carbonyl (C=O) groups excluding carboxylic acids is 1. The van der Waals surface area contributed by atoms with E-state index in [0.29, 0.717) is 6.61 Å². The van der Waals surface area contributed by atoms with Gasteiger partial charge in [-0.2, -0.15) is 26.3 Å². The quantitative estimate of drug-likeness (QED) is 0.483. The van der Waals surface area contributed by atoms with Gasteiger partial charge >= 0.3 is 24.3 Å². The van der Waals surface area contributed by atoms with Crippen LogP contribution in [0.3, 0.4) is 0 Å². The van der Waals surface area contributed by atoms with Crippen LogP contribution >= 0.6 is 0 Å². The Bertz CT molecular complexity index is 1200. The molecule has 0 saturated carbocycles. The van der Waals surface area contributed by atoms with Crippen molar-refractivity contribution in [2.75, 3.05) is 33.4 Å². The second-order valence-corrected chi connectivity index (χ2v) is 9.67. The number of imidazole rings is 1. The first-order valence-corrected chi connectivity index (χ1v) is 12.9. The summed E-state index contributed by atoms with van der Waals surface area (Å²) in [7, 11) is 3.84. The number of amides is 1. The lowest BCUT2D eigenvalue weighted by molar-refractivity contribution is -0.193. The molecule has 1 amide bonds. The summed E-state index contributed by atoms with van der Waals surface area (Å²) in [5.74, 6) is -4.72. The Morgan fingerprint density at radius 2 is 1.60 bits per heavy atom. The van der Waals surface area contributed by atoms with Crippen molar-refractivity contribution in [3.63, 3.8) is 0 Å². The van der Waals surface area contributed by atoms with E-state index >= 15 is 0 Å². The SMILES string of the molecule is CN1C(=O)COc2ccccc2CCCCO[C@@H]2CN(Cc3cn(C)cn3)C[C@@H]21.O=C(O)C(F)(F)F.O=C(O)C(F)(F)F. The number of fused-ring (bicyclic) bond motifs is 2. The van der Waals surface area contributed by atoms with E-state index in [4.69, 9.17) is 29.3 Å². The molecule has 3 heterocycles. The number of aliphatic carboxylic acids is 2. The Morgan fingerprint density at radius 3 is 2.16 bits per heavy atom. The molecular weight excluding hydrogens is 594 g/mol. The Kier molecular flexibility index (Phi) is 12.8. The zero-order valence-corrected chi connectivity index (χ0v) is 23.3. The first-order valence-electron chi connectivity index (χ1n) is 12.9. The average molecular weight is 627 g/mol. The van der Waals surface area contributed by atoms with Gasteiger partial charge in [0, 0.05) is 46.5 Å². The minimum absolute atomic E-state index is 0.00999. The summed E-state index contributed by atoms with van der Waals surface area (Å²) >= 11 is 0. The fourth-order valence-corrected chi connectivity index (χ4v) is 4.20. The molecule has 2 atom stereocenters. The van der Waals surface area contributed by atoms with Gasteiger partial charge < -0.3 is 29.2 Å². The van der Waals surface area contributed by atoms with E-state index in [1.807, 2.05) is 54.3 Å². The van der Waals surface area contributed by atoms with E-state index in [1.165, 1.54) is 0 Å². The summed E-state index contributed by atoms with van der Waals surface area (Å²) in [6.45, 7) is 3.11. The van der Waals surface area contributed by atoms with Crippen LogP contribution in [0.2, 0.25) is 0 Å². The smallest absolute Gasteiger partial charge is 0.483 e. The number of halogens is 6. The molecule has 17 heteroatoms. The minimum atomic E-state index is -5.08. The lowest BCUT2D eigenvalue weighted by atomic mass is 10.1. The molecule has 0 radical (unpaired) electrons. The van der Waals surface area contributed by atoms with Gasteiger partial charge in [-0.3, -0.25) is 9.69 Å². The largest absolute Gasteiger partial charge is 0.490 e. The molecule has 1 aromatic carbocycles. The second kappa shape index (κ2) is 15.6. The maximum absolute atomic E-state index is 12.8. The van der Waals surface area contributed by atoms with Crippen molar-refractivity contribution in [2.45, 2.75) is 50.3 Å². The predicted octanol–water partition coefficient (Wildman–Crippen LogP) is 3.13. The molecule has 1 saturated heterocycles. The van der Waals surface area contributed by atoms with Crippen LogP contribution in [0.4, 0.5) is 26.3 Å². The maximum Gasteiger partial charge on any atom is 0.490 e. The third-order valence-corrected chi connectivity index (χ3v) is 6.33. The van der Waals surface area contributed by atoms with Gasteiger partial charge in [-0.25, -0.2) is 14.6 Å². The zero-order chi connectivity index (χ0) is 32.4. The van der Waals surface area contributed by atoms with Crippen LogP contribution in [0.1, 0.15) is 24.1 Å². The molecule has 2 aliphatic heterocycles. The first-order chi connectivity index (χ1) is 20.0. The molecule has 240 valence electrons. The van der Waals surface area contributed by atoms with Crippen LogP contribution in [0.15, 0.2) is 36.8 Å². The topological polar surface area (TPSA) is 134 Å². The molecule has 2 aromatic rings. The van der Waals surface area contributed by atoms with Crippen molar-refractivity contribution in [3.8, 4) is 5.75 Å². The van der Waals surface area contributed by atoms with Crippen LogP contribution in [-0.4, -0.2) is 105 Å². The van der Waals surface area contributed by atoms with Crippen molar-refractivity contribution in [1.82, 2.24) is 19.4 Å². The van der Waals surface area contributed by atoms with E-state index < -0.39 is 24.3 Å². The van der Waals surface area contributed by atoms with Gasteiger partial charge in [-0.15, -0.1) is 0 Å². The van der Waals surface area contributed by atoms with Crippen LogP contribution < -0.4 is 4.74 Å². The highest BCUT2D eigenvalue weighted by atomic mass is 19.4. The molecule has 0 aliphatic carbocycles. The summed E-state index contributed by atoms with van der Waals surface area (Å²) in [4.78, 5) is 39.2. The molecule has 0 bridgehead atoms. The van der Waals surface area contributed by atoms with Crippen molar-refractivity contribution < 1.29 is 60.4 Å². The van der Waals surface area contributed by atoms with Gasteiger partial charge in [0.25, 0.3) is 5.91 Å². The second-order valence-electron chi connectivity index (χ2n) is 9.67. The number of likely N-dealkylation sites (tertiary alicyclic amines) is 1. The molecule has 11 nitrogen and oxygen atoms in total. The van der Waals surface area contributed by atoms with Gasteiger partial charge in [-0.1, -0.05) is 18.2 Å². The van der Waals surface area contributed by atoms with Crippen LogP contribution in [0.25, 0.3) is 0 Å². The van der Waals surface area contributed by atoms with Gasteiger partial charge in [0.1, 0.15) is 5.75 Å². The number of aromatic nitrogens is 2. The third kappa shape index (κ3) is 11.7. The zero-order valence-electron chi connectivity index (χ0n) is 23.3. The normalized spacial score (nSPS) is 19.9. The summed E-state index contributed by atoms with van der Waals surface area (Å²) in [6, 6.07) is 8.02. The number of carboxylic acids is 2. The van der Waals surface area contributed by atoms with Gasteiger partial charge in [0.2, 0.25) is 0 Å². The molecule has 0 unspecified atom stereocenters. The number of likely N-dealkylation sites (N-methyl/N-ethyl adjacent to an activating group) is 1. The predicted molar refractivity (Wildman–Crippen MR) is 137 cm³/mol. The van der Waals surface area contributed by atoms with Crippen LogP contribution in [-0.2, 0) is 39.1 Å². The number of rotatable bonds is 2. The third-order valence-electron chi connectivity index (χ3n) is 6.33. The van der Waals surface area contributed by atoms with E-state index in [-0.39, 0.29) is 24.7 Å². The highest BCUT2D eigenvalue weighted by Gasteiger charge is 2.39. The summed E-state index contributed by atoms with van der Waals surface area (Å²) in [5, 5.41) is 14.2. The average Bonchev–Trinajstić information content (AvgIpc) is 3.51. The molecule has 2 N–H and O–H groups in total. The van der Waals surface area contributed by atoms with Crippen molar-refractivity contribution in [1.29, 1.82) is 0 Å². The lowest BCUT2D eigenvalue weighted by Crippen LogP contribution is -2.47. The van der Waals surface area contributed by atoms with Crippen LogP contribution in [0, 0.1) is 0 Å². The Morgan fingerprint density at radius 1 is 1.00 bits per heavy atom. The van der Waals surface area contributed by atoms with E-state index in [2.05, 4.69) is 16.0 Å². The van der Waals surface area contributed by atoms with Crippen LogP contribution in [0.5, 0.6) is 5.75 Å². The number of ether oxygens (including phenoxy) is 2. The number of benzene rings is 1. The first kappa shape index (κ1) is 35.3. The number of nitrogens with zero attached hydrogens (tertiary/aromatic N) is 4. The number of hydrogen-bond acceptors (Lipinski definition) is 7. The van der Waals surface area contributed by atoms with E-state index in [9.17, 15) is 31.1 Å². The number of carboxylic acid groups (broad SMARTS) is 2. The van der Waals surface area contributed by atoms with Crippen molar-refractivity contribution in [2.24, 2.45) is 7.05 Å². The lowest BCUT2D eigenvalue weighted by Gasteiger charge is -2.29. The Labute approximate surface area is 242 Å². The molecule has 1 aromatic heterocycles. The van der Waals surface area contributed by atoms with Gasteiger partial charge in [-0.05, 0) is 30.9 Å². The summed E-state index contributed by atoms with van der Waals surface area (Å²) in [5.41, 5.74) is 2.19. The van der Waals surface area contributed by atoms with Gasteiger partial charge in [0.15, 0.2) is 6.61 Å². The molecule has 1 fully saturated rings. The van der Waals surface area contributed by atoms with Gasteiger partial charge in [0.05, 0.1) is 24.2 Å². The Balaban J connectivity index is 0.000000384. The number of hydrogen-bond donors (Lipinski definition) is 2. The van der Waals surface area contributed by atoms with Crippen molar-refractivity contribution >= 4 is 17.8 Å². The Hall–Kier alpha value is -3.86. The number of carbonyl (C=O) groups is 3. The van der Waals surface area contributed by atoms with E-state index in [0.717, 1.165) is 55.9 Å². The number of alkyl halides is 6. The number of para-hydroxylation sites is 1. The molecular formula is C26H32F6N4O7. The molecule has 2 aliphatic rings. The summed E-state index contributed by atoms with van der Waals surface area (Å²) < 4.78 is 77.6. The highest BCUT2D eigenvalue weighted by molar-refractivity contribution is 5.78. The number of aryl methyl sites for hydroxylation is 2. The monoisotopic (exact) mass is 626 g/mol.